The smallest absolute Gasteiger partial charge is 0.256 e. The maximum Gasteiger partial charge on any atom is 0.256 e. The zero-order chi connectivity index (χ0) is 16.2. The van der Waals surface area contributed by atoms with Gasteiger partial charge >= 0.3 is 0 Å². The highest BCUT2D eigenvalue weighted by Gasteiger charge is 2.10. The van der Waals surface area contributed by atoms with Gasteiger partial charge in [0.25, 0.3) is 5.91 Å². The van der Waals surface area contributed by atoms with Gasteiger partial charge in [-0.25, -0.2) is 4.68 Å². The van der Waals surface area contributed by atoms with Gasteiger partial charge in [0.05, 0.1) is 12.7 Å². The number of aryl methyl sites for hydroxylation is 1. The van der Waals surface area contributed by atoms with Crippen molar-refractivity contribution >= 4 is 23.3 Å². The van der Waals surface area contributed by atoms with Gasteiger partial charge in [0.2, 0.25) is 0 Å². The summed E-state index contributed by atoms with van der Waals surface area (Å²) in [5, 5.41) is 7.75. The molecule has 0 atom stereocenters. The van der Waals surface area contributed by atoms with Crippen LogP contribution in [0, 0.1) is 6.92 Å². The highest BCUT2D eigenvalue weighted by Crippen LogP contribution is 2.14. The number of nitrogens with one attached hydrogen (secondary N) is 1. The minimum Gasteiger partial charge on any atom is -0.307 e. The number of anilines is 1. The van der Waals surface area contributed by atoms with Gasteiger partial charge in [-0.1, -0.05) is 41.4 Å². The molecule has 0 spiro atoms. The summed E-state index contributed by atoms with van der Waals surface area (Å²) >= 11 is 5.84. The van der Waals surface area contributed by atoms with E-state index in [9.17, 15) is 4.79 Å². The molecule has 116 valence electrons. The van der Waals surface area contributed by atoms with Crippen molar-refractivity contribution in [3.63, 3.8) is 0 Å². The number of carbonyl (C=O) groups is 1. The average Bonchev–Trinajstić information content (AvgIpc) is 2.97. The standard InChI is InChI=1S/C18H16ClN3O/c1-13-2-4-14(5-3-13)12-22-17(10-11-20-22)21-18(23)15-6-8-16(19)9-7-15/h2-11H,12H2,1H3,(H,21,23). The third-order valence-corrected chi connectivity index (χ3v) is 3.77. The molecule has 0 radical (unpaired) electrons. The number of hydrogen-bond donors (Lipinski definition) is 1. The number of hydrogen-bond acceptors (Lipinski definition) is 2. The quantitative estimate of drug-likeness (QED) is 0.783. The molecule has 5 heteroatoms. The van der Waals surface area contributed by atoms with Gasteiger partial charge in [-0.05, 0) is 36.8 Å². The first-order chi connectivity index (χ1) is 11.1. The SMILES string of the molecule is Cc1ccc(Cn2nccc2NC(=O)c2ccc(Cl)cc2)cc1. The lowest BCUT2D eigenvalue weighted by molar-refractivity contribution is 0.102. The lowest BCUT2D eigenvalue weighted by Gasteiger charge is -2.09. The van der Waals surface area contributed by atoms with E-state index >= 15 is 0 Å². The highest BCUT2D eigenvalue weighted by atomic mass is 35.5. The van der Waals surface area contributed by atoms with Crippen LogP contribution in [0.5, 0.6) is 0 Å². The molecular formula is C18H16ClN3O. The summed E-state index contributed by atoms with van der Waals surface area (Å²) in [7, 11) is 0. The zero-order valence-electron chi connectivity index (χ0n) is 12.7. The summed E-state index contributed by atoms with van der Waals surface area (Å²) in [6, 6.07) is 16.8. The Morgan fingerprint density at radius 3 is 2.48 bits per heavy atom. The molecule has 0 bridgehead atoms. The number of halogens is 1. The fourth-order valence-corrected chi connectivity index (χ4v) is 2.35. The van der Waals surface area contributed by atoms with Crippen LogP contribution in [0.3, 0.4) is 0 Å². The number of amides is 1. The van der Waals surface area contributed by atoms with Gasteiger partial charge in [0.15, 0.2) is 0 Å². The monoisotopic (exact) mass is 325 g/mol. The van der Waals surface area contributed by atoms with E-state index in [1.54, 1.807) is 41.2 Å². The van der Waals surface area contributed by atoms with Gasteiger partial charge in [0.1, 0.15) is 5.82 Å². The van der Waals surface area contributed by atoms with Crippen LogP contribution in [0.1, 0.15) is 21.5 Å². The van der Waals surface area contributed by atoms with Gasteiger partial charge in [-0.15, -0.1) is 0 Å². The Labute approximate surface area is 139 Å². The first-order valence-corrected chi connectivity index (χ1v) is 7.64. The normalized spacial score (nSPS) is 10.5. The number of rotatable bonds is 4. The minimum atomic E-state index is -0.188. The van der Waals surface area contributed by atoms with Crippen LogP contribution in [0.15, 0.2) is 60.8 Å². The summed E-state index contributed by atoms with van der Waals surface area (Å²) in [5.74, 6) is 0.470. The van der Waals surface area contributed by atoms with Crippen molar-refractivity contribution in [3.8, 4) is 0 Å². The van der Waals surface area contributed by atoms with Gasteiger partial charge in [-0.3, -0.25) is 4.79 Å². The molecule has 1 aromatic heterocycles. The summed E-state index contributed by atoms with van der Waals surface area (Å²) in [6.45, 7) is 2.65. The Balaban J connectivity index is 1.74. The summed E-state index contributed by atoms with van der Waals surface area (Å²) in [5.41, 5.74) is 2.89. The predicted molar refractivity (Wildman–Crippen MR) is 91.9 cm³/mol. The Bertz CT molecular complexity index is 807. The molecule has 1 N–H and O–H groups in total. The van der Waals surface area contributed by atoms with E-state index in [4.69, 9.17) is 11.6 Å². The number of aromatic nitrogens is 2. The Morgan fingerprint density at radius 1 is 1.09 bits per heavy atom. The van der Waals surface area contributed by atoms with Crippen LogP contribution in [-0.4, -0.2) is 15.7 Å². The molecule has 0 aliphatic rings. The number of carbonyl (C=O) groups excluding carboxylic acids is 1. The second-order valence-corrected chi connectivity index (χ2v) is 5.76. The minimum absolute atomic E-state index is 0.188. The van der Waals surface area contributed by atoms with E-state index in [1.165, 1.54) is 5.56 Å². The average molecular weight is 326 g/mol. The summed E-state index contributed by atoms with van der Waals surface area (Å²) < 4.78 is 1.76. The first-order valence-electron chi connectivity index (χ1n) is 7.26. The van der Waals surface area contributed by atoms with E-state index in [-0.39, 0.29) is 5.91 Å². The van der Waals surface area contributed by atoms with E-state index in [2.05, 4.69) is 41.6 Å². The third kappa shape index (κ3) is 3.79. The number of nitrogens with zero attached hydrogens (tertiary/aromatic N) is 2. The van der Waals surface area contributed by atoms with E-state index < -0.39 is 0 Å². The van der Waals surface area contributed by atoms with Crippen molar-refractivity contribution < 1.29 is 4.79 Å². The molecule has 4 nitrogen and oxygen atoms in total. The molecule has 0 saturated carbocycles. The molecule has 3 rings (SSSR count). The van der Waals surface area contributed by atoms with Crippen LogP contribution >= 0.6 is 11.6 Å². The topological polar surface area (TPSA) is 46.9 Å². The second kappa shape index (κ2) is 6.67. The maximum absolute atomic E-state index is 12.3. The maximum atomic E-state index is 12.3. The molecule has 0 fully saturated rings. The van der Waals surface area contributed by atoms with Crippen molar-refractivity contribution in [2.24, 2.45) is 0 Å². The lowest BCUT2D eigenvalue weighted by Crippen LogP contribution is -2.16. The van der Waals surface area contributed by atoms with E-state index in [1.807, 2.05) is 0 Å². The van der Waals surface area contributed by atoms with Crippen LogP contribution in [0.2, 0.25) is 5.02 Å². The van der Waals surface area contributed by atoms with Gasteiger partial charge < -0.3 is 5.32 Å². The van der Waals surface area contributed by atoms with Gasteiger partial charge in [0, 0.05) is 16.7 Å². The molecule has 2 aromatic carbocycles. The molecule has 0 aliphatic carbocycles. The highest BCUT2D eigenvalue weighted by molar-refractivity contribution is 6.30. The zero-order valence-corrected chi connectivity index (χ0v) is 13.4. The number of benzene rings is 2. The van der Waals surface area contributed by atoms with Crippen LogP contribution in [-0.2, 0) is 6.54 Å². The summed E-state index contributed by atoms with van der Waals surface area (Å²) in [6.07, 6.45) is 1.67. The molecule has 23 heavy (non-hydrogen) atoms. The Morgan fingerprint density at radius 2 is 1.78 bits per heavy atom. The second-order valence-electron chi connectivity index (χ2n) is 5.32. The van der Waals surface area contributed by atoms with Crippen LogP contribution in [0.4, 0.5) is 5.82 Å². The van der Waals surface area contributed by atoms with Crippen molar-refractivity contribution in [2.75, 3.05) is 5.32 Å². The van der Waals surface area contributed by atoms with Crippen molar-refractivity contribution in [3.05, 3.63) is 82.5 Å². The van der Waals surface area contributed by atoms with E-state index in [0.717, 1.165) is 5.56 Å². The summed E-state index contributed by atoms with van der Waals surface area (Å²) in [4.78, 5) is 12.3. The molecule has 1 heterocycles. The fourth-order valence-electron chi connectivity index (χ4n) is 2.22. The van der Waals surface area contributed by atoms with Crippen molar-refractivity contribution in [1.82, 2.24) is 9.78 Å². The molecule has 1 amide bonds. The first kappa shape index (κ1) is 15.3. The Kier molecular flexibility index (Phi) is 4.44. The third-order valence-electron chi connectivity index (χ3n) is 3.52. The predicted octanol–water partition coefficient (Wildman–Crippen LogP) is 4.15. The lowest BCUT2D eigenvalue weighted by atomic mass is 10.1. The molecule has 3 aromatic rings. The van der Waals surface area contributed by atoms with Crippen molar-refractivity contribution in [1.29, 1.82) is 0 Å². The largest absolute Gasteiger partial charge is 0.307 e. The van der Waals surface area contributed by atoms with Gasteiger partial charge in [-0.2, -0.15) is 5.10 Å². The Hall–Kier alpha value is -2.59. The molecule has 0 saturated heterocycles. The molecule has 0 unspecified atom stereocenters. The van der Waals surface area contributed by atoms with E-state index in [0.29, 0.717) is 22.9 Å². The molecule has 0 aliphatic heterocycles. The fraction of sp³-hybridized carbons (Fsp3) is 0.111. The molecular weight excluding hydrogens is 310 g/mol. The van der Waals surface area contributed by atoms with Crippen molar-refractivity contribution in [2.45, 2.75) is 13.5 Å². The van der Waals surface area contributed by atoms with Crippen LogP contribution in [0.25, 0.3) is 0 Å². The van der Waals surface area contributed by atoms with Crippen LogP contribution < -0.4 is 5.32 Å².